The monoisotopic (exact) mass is 180 g/mol. The molecule has 64 valence electrons. The Bertz CT molecular complexity index is 321. The number of hydrogen-bond acceptors (Lipinski definition) is 2. The number of thiophene rings is 1. The summed E-state index contributed by atoms with van der Waals surface area (Å²) in [6, 6.07) is 2.10. The summed E-state index contributed by atoms with van der Waals surface area (Å²) in [6.45, 7) is 5.70. The van der Waals surface area contributed by atoms with E-state index >= 15 is 0 Å². The quantitative estimate of drug-likeness (QED) is 0.639. The summed E-state index contributed by atoms with van der Waals surface area (Å²) >= 11 is 1.76. The molecule has 0 amide bonds. The number of aryl methyl sites for hydroxylation is 2. The highest BCUT2D eigenvalue weighted by atomic mass is 32.1. The van der Waals surface area contributed by atoms with E-state index in [1.807, 2.05) is 6.08 Å². The highest BCUT2D eigenvalue weighted by Gasteiger charge is 1.98. The number of carbonyl (C=O) groups is 1. The van der Waals surface area contributed by atoms with Gasteiger partial charge in [-0.15, -0.1) is 11.3 Å². The highest BCUT2D eigenvalue weighted by Crippen LogP contribution is 2.21. The molecule has 0 aliphatic rings. The number of rotatable bonds is 2. The highest BCUT2D eigenvalue weighted by molar-refractivity contribution is 7.12. The second kappa shape index (κ2) is 3.68. The molecule has 1 heterocycles. The van der Waals surface area contributed by atoms with Crippen molar-refractivity contribution in [2.45, 2.75) is 20.8 Å². The molecule has 1 aromatic heterocycles. The minimum Gasteiger partial charge on any atom is -0.295 e. The van der Waals surface area contributed by atoms with Gasteiger partial charge < -0.3 is 0 Å². The van der Waals surface area contributed by atoms with Crippen LogP contribution in [0.3, 0.4) is 0 Å². The van der Waals surface area contributed by atoms with E-state index in [4.69, 9.17) is 0 Å². The van der Waals surface area contributed by atoms with Crippen molar-refractivity contribution in [3.63, 3.8) is 0 Å². The maximum Gasteiger partial charge on any atom is 0.152 e. The van der Waals surface area contributed by atoms with Gasteiger partial charge >= 0.3 is 0 Å². The molecule has 0 saturated heterocycles. The van der Waals surface area contributed by atoms with Gasteiger partial charge in [0.15, 0.2) is 5.78 Å². The zero-order valence-corrected chi connectivity index (χ0v) is 8.37. The predicted molar refractivity (Wildman–Crippen MR) is 53.5 cm³/mol. The average molecular weight is 180 g/mol. The summed E-state index contributed by atoms with van der Waals surface area (Å²) in [5.41, 5.74) is 1.16. The van der Waals surface area contributed by atoms with Crippen molar-refractivity contribution >= 4 is 23.2 Å². The summed E-state index contributed by atoms with van der Waals surface area (Å²) < 4.78 is 0. The fraction of sp³-hybridized carbons (Fsp3) is 0.300. The van der Waals surface area contributed by atoms with Crippen LogP contribution in [-0.2, 0) is 4.79 Å². The Labute approximate surface area is 76.7 Å². The lowest BCUT2D eigenvalue weighted by molar-refractivity contribution is -0.112. The fourth-order valence-electron chi connectivity index (χ4n) is 1.02. The smallest absolute Gasteiger partial charge is 0.152 e. The zero-order chi connectivity index (χ0) is 9.14. The van der Waals surface area contributed by atoms with Gasteiger partial charge in [0.1, 0.15) is 0 Å². The first-order chi connectivity index (χ1) is 5.59. The maximum absolute atomic E-state index is 10.7. The summed E-state index contributed by atoms with van der Waals surface area (Å²) in [5, 5.41) is 0. The lowest BCUT2D eigenvalue weighted by Gasteiger charge is -1.86. The summed E-state index contributed by atoms with van der Waals surface area (Å²) in [5.74, 6) is 0.0956. The molecule has 0 spiro atoms. The molecule has 0 bridgehead atoms. The molecule has 0 aliphatic carbocycles. The van der Waals surface area contributed by atoms with E-state index in [1.54, 1.807) is 24.3 Å². The van der Waals surface area contributed by atoms with Crippen LogP contribution in [0.15, 0.2) is 12.1 Å². The number of ketones is 1. The molecule has 1 aromatic rings. The minimum absolute atomic E-state index is 0.0956. The molecule has 1 rings (SSSR count). The second-order valence-electron chi connectivity index (χ2n) is 2.81. The van der Waals surface area contributed by atoms with E-state index in [1.165, 1.54) is 9.75 Å². The van der Waals surface area contributed by atoms with Crippen LogP contribution in [0.2, 0.25) is 0 Å². The van der Waals surface area contributed by atoms with Gasteiger partial charge in [-0.1, -0.05) is 6.08 Å². The van der Waals surface area contributed by atoms with E-state index in [2.05, 4.69) is 19.9 Å². The molecule has 0 fully saturated rings. The van der Waals surface area contributed by atoms with Crippen LogP contribution in [0, 0.1) is 13.8 Å². The molecule has 0 atom stereocenters. The maximum atomic E-state index is 10.7. The van der Waals surface area contributed by atoms with Crippen molar-refractivity contribution in [2.24, 2.45) is 0 Å². The SMILES string of the molecule is CC(=O)C=Cc1cc(C)sc1C. The minimum atomic E-state index is 0.0956. The Hall–Kier alpha value is -0.890. The van der Waals surface area contributed by atoms with Gasteiger partial charge in [-0.2, -0.15) is 0 Å². The Balaban J connectivity index is 2.89. The summed E-state index contributed by atoms with van der Waals surface area (Å²) in [6.07, 6.45) is 3.48. The first kappa shape index (κ1) is 9.20. The molecule has 0 N–H and O–H groups in total. The van der Waals surface area contributed by atoms with Crippen LogP contribution in [0.5, 0.6) is 0 Å². The molecular formula is C10H12OS. The lowest BCUT2D eigenvalue weighted by Crippen LogP contribution is -1.79. The largest absolute Gasteiger partial charge is 0.295 e. The Morgan fingerprint density at radius 1 is 1.50 bits per heavy atom. The Kier molecular flexibility index (Phi) is 2.82. The number of carbonyl (C=O) groups excluding carboxylic acids is 1. The van der Waals surface area contributed by atoms with Gasteiger partial charge in [-0.3, -0.25) is 4.79 Å². The number of allylic oxidation sites excluding steroid dienone is 1. The standard InChI is InChI=1S/C10H12OS/c1-7(11)4-5-10-6-8(2)12-9(10)3/h4-6H,1-3H3. The van der Waals surface area contributed by atoms with E-state index < -0.39 is 0 Å². The zero-order valence-electron chi connectivity index (χ0n) is 7.55. The predicted octanol–water partition coefficient (Wildman–Crippen LogP) is 2.97. The van der Waals surface area contributed by atoms with Crippen molar-refractivity contribution in [1.29, 1.82) is 0 Å². The van der Waals surface area contributed by atoms with Gasteiger partial charge in [-0.05, 0) is 38.5 Å². The molecule has 0 aliphatic heterocycles. The Morgan fingerprint density at radius 2 is 2.17 bits per heavy atom. The van der Waals surface area contributed by atoms with Crippen LogP contribution in [0.4, 0.5) is 0 Å². The normalized spacial score (nSPS) is 10.9. The van der Waals surface area contributed by atoms with E-state index in [0.29, 0.717) is 0 Å². The van der Waals surface area contributed by atoms with Gasteiger partial charge in [0.05, 0.1) is 0 Å². The first-order valence-corrected chi connectivity index (χ1v) is 4.67. The van der Waals surface area contributed by atoms with Crippen molar-refractivity contribution < 1.29 is 4.79 Å². The van der Waals surface area contributed by atoms with Crippen LogP contribution in [0.25, 0.3) is 6.08 Å². The molecule has 12 heavy (non-hydrogen) atoms. The van der Waals surface area contributed by atoms with E-state index in [9.17, 15) is 4.79 Å². The third kappa shape index (κ3) is 2.31. The molecular weight excluding hydrogens is 168 g/mol. The van der Waals surface area contributed by atoms with Crippen LogP contribution < -0.4 is 0 Å². The molecule has 0 radical (unpaired) electrons. The van der Waals surface area contributed by atoms with Crippen LogP contribution in [-0.4, -0.2) is 5.78 Å². The molecule has 0 unspecified atom stereocenters. The first-order valence-electron chi connectivity index (χ1n) is 3.85. The van der Waals surface area contributed by atoms with Crippen LogP contribution in [0.1, 0.15) is 22.2 Å². The summed E-state index contributed by atoms with van der Waals surface area (Å²) in [4.78, 5) is 13.2. The van der Waals surface area contributed by atoms with Gasteiger partial charge in [0, 0.05) is 9.75 Å². The van der Waals surface area contributed by atoms with Crippen molar-refractivity contribution in [3.8, 4) is 0 Å². The molecule has 0 aromatic carbocycles. The van der Waals surface area contributed by atoms with Gasteiger partial charge in [0.25, 0.3) is 0 Å². The second-order valence-corrected chi connectivity index (χ2v) is 4.27. The van der Waals surface area contributed by atoms with E-state index in [-0.39, 0.29) is 5.78 Å². The topological polar surface area (TPSA) is 17.1 Å². The molecule has 2 heteroatoms. The third-order valence-corrected chi connectivity index (χ3v) is 2.56. The van der Waals surface area contributed by atoms with Crippen LogP contribution >= 0.6 is 11.3 Å². The van der Waals surface area contributed by atoms with E-state index in [0.717, 1.165) is 5.56 Å². The van der Waals surface area contributed by atoms with Crippen molar-refractivity contribution in [1.82, 2.24) is 0 Å². The number of hydrogen-bond donors (Lipinski definition) is 0. The Morgan fingerprint density at radius 3 is 2.58 bits per heavy atom. The average Bonchev–Trinajstić information content (AvgIpc) is 2.26. The lowest BCUT2D eigenvalue weighted by atomic mass is 10.2. The molecule has 0 saturated carbocycles. The fourth-order valence-corrected chi connectivity index (χ4v) is 1.94. The summed E-state index contributed by atoms with van der Waals surface area (Å²) in [7, 11) is 0. The third-order valence-electron chi connectivity index (χ3n) is 1.58. The van der Waals surface area contributed by atoms with Gasteiger partial charge in [0.2, 0.25) is 0 Å². The van der Waals surface area contributed by atoms with Gasteiger partial charge in [-0.25, -0.2) is 0 Å². The van der Waals surface area contributed by atoms with Crippen molar-refractivity contribution in [3.05, 3.63) is 27.5 Å². The molecule has 1 nitrogen and oxygen atoms in total. The van der Waals surface area contributed by atoms with Crippen molar-refractivity contribution in [2.75, 3.05) is 0 Å².